The van der Waals surface area contributed by atoms with E-state index in [0.29, 0.717) is 55.0 Å². The van der Waals surface area contributed by atoms with E-state index < -0.39 is 10.0 Å². The molecule has 8 nitrogen and oxygen atoms in total. The molecule has 1 fully saturated rings. The largest absolute Gasteiger partial charge is 0.490 e. The van der Waals surface area contributed by atoms with E-state index in [1.54, 1.807) is 6.07 Å². The molecule has 1 aliphatic rings. The van der Waals surface area contributed by atoms with Crippen LogP contribution in [0, 0.1) is 0 Å². The fourth-order valence-corrected chi connectivity index (χ4v) is 6.35. The zero-order valence-electron chi connectivity index (χ0n) is 18.7. The molecular formula is C22H30N2O6S2. The minimum absolute atomic E-state index is 0.197. The molecule has 10 heteroatoms. The molecule has 1 N–H and O–H groups in total. The van der Waals surface area contributed by atoms with Gasteiger partial charge in [0.25, 0.3) is 15.9 Å². The summed E-state index contributed by atoms with van der Waals surface area (Å²) in [6.07, 6.45) is 1.74. The fourth-order valence-electron chi connectivity index (χ4n) is 3.45. The van der Waals surface area contributed by atoms with Crippen LogP contribution in [0.4, 0.5) is 0 Å². The van der Waals surface area contributed by atoms with Gasteiger partial charge in [0.1, 0.15) is 4.21 Å². The maximum atomic E-state index is 12.7. The molecule has 2 aromatic rings. The predicted molar refractivity (Wildman–Crippen MR) is 123 cm³/mol. The summed E-state index contributed by atoms with van der Waals surface area (Å²) in [5.41, 5.74) is 0.787. The number of rotatable bonds is 11. The van der Waals surface area contributed by atoms with E-state index in [0.717, 1.165) is 29.7 Å². The van der Waals surface area contributed by atoms with Gasteiger partial charge in [-0.05, 0) is 63.4 Å². The predicted octanol–water partition coefficient (Wildman–Crippen LogP) is 3.66. The molecular weight excluding hydrogens is 452 g/mol. The Morgan fingerprint density at radius 3 is 2.16 bits per heavy atom. The molecule has 1 amide bonds. The van der Waals surface area contributed by atoms with Crippen LogP contribution in [-0.4, -0.2) is 51.5 Å². The molecule has 3 rings (SSSR count). The second-order valence-electron chi connectivity index (χ2n) is 7.13. The van der Waals surface area contributed by atoms with Crippen LogP contribution in [0.5, 0.6) is 17.2 Å². The lowest BCUT2D eigenvalue weighted by Crippen LogP contribution is -2.27. The third kappa shape index (κ3) is 5.54. The topological polar surface area (TPSA) is 94.2 Å². The summed E-state index contributed by atoms with van der Waals surface area (Å²) in [6, 6.07) is 6.69. The maximum absolute atomic E-state index is 12.7. The third-order valence-electron chi connectivity index (χ3n) is 4.89. The van der Waals surface area contributed by atoms with Crippen molar-refractivity contribution >= 4 is 27.3 Å². The smallest absolute Gasteiger partial charge is 0.261 e. The van der Waals surface area contributed by atoms with Crippen molar-refractivity contribution in [1.82, 2.24) is 9.62 Å². The number of hydrogen-bond donors (Lipinski definition) is 1. The van der Waals surface area contributed by atoms with Gasteiger partial charge < -0.3 is 19.5 Å². The van der Waals surface area contributed by atoms with Crippen LogP contribution in [0.2, 0.25) is 0 Å². The van der Waals surface area contributed by atoms with Crippen molar-refractivity contribution in [2.45, 2.75) is 44.4 Å². The Morgan fingerprint density at radius 1 is 1.00 bits per heavy atom. The number of hydrogen-bond acceptors (Lipinski definition) is 7. The molecule has 0 atom stereocenters. The molecule has 1 aromatic heterocycles. The second kappa shape index (κ2) is 11.0. The van der Waals surface area contributed by atoms with Crippen molar-refractivity contribution in [1.29, 1.82) is 0 Å². The molecule has 0 unspecified atom stereocenters. The van der Waals surface area contributed by atoms with Gasteiger partial charge >= 0.3 is 0 Å². The van der Waals surface area contributed by atoms with Gasteiger partial charge in [0.15, 0.2) is 11.5 Å². The SMILES string of the molecule is CCOc1cc(CNC(=O)c2ccc(S(=O)(=O)N3CCCC3)s2)cc(OCC)c1OCC. The van der Waals surface area contributed by atoms with E-state index in [1.807, 2.05) is 32.9 Å². The van der Waals surface area contributed by atoms with Gasteiger partial charge in [0.2, 0.25) is 5.75 Å². The van der Waals surface area contributed by atoms with Crippen LogP contribution in [-0.2, 0) is 16.6 Å². The van der Waals surface area contributed by atoms with Crippen molar-refractivity contribution in [3.8, 4) is 17.2 Å². The number of ether oxygens (including phenoxy) is 3. The van der Waals surface area contributed by atoms with Crippen molar-refractivity contribution in [3.05, 3.63) is 34.7 Å². The summed E-state index contributed by atoms with van der Waals surface area (Å²) >= 11 is 0.990. The van der Waals surface area contributed by atoms with Gasteiger partial charge in [0.05, 0.1) is 24.7 Å². The van der Waals surface area contributed by atoms with Crippen LogP contribution >= 0.6 is 11.3 Å². The highest BCUT2D eigenvalue weighted by Gasteiger charge is 2.29. The van der Waals surface area contributed by atoms with E-state index in [9.17, 15) is 13.2 Å². The molecule has 1 aliphatic heterocycles. The van der Waals surface area contributed by atoms with Crippen LogP contribution in [0.1, 0.15) is 48.8 Å². The number of carbonyl (C=O) groups is 1. The van der Waals surface area contributed by atoms with Crippen LogP contribution in [0.3, 0.4) is 0 Å². The number of benzene rings is 1. The van der Waals surface area contributed by atoms with Crippen molar-refractivity contribution in [3.63, 3.8) is 0 Å². The first kappa shape index (κ1) is 24.3. The minimum atomic E-state index is -3.53. The molecule has 176 valence electrons. The first-order chi connectivity index (χ1) is 15.4. The highest BCUT2D eigenvalue weighted by Crippen LogP contribution is 2.39. The molecule has 0 spiro atoms. The van der Waals surface area contributed by atoms with E-state index in [2.05, 4.69) is 5.32 Å². The average molecular weight is 483 g/mol. The standard InChI is InChI=1S/C22H30N2O6S2/c1-4-28-17-13-16(14-18(29-5-2)21(17)30-6-3)15-23-22(25)19-9-10-20(31-19)32(26,27)24-11-7-8-12-24/h9-10,13-14H,4-8,11-12,15H2,1-3H3,(H,23,25). The summed E-state index contributed by atoms with van der Waals surface area (Å²) in [5.74, 6) is 1.32. The normalized spacial score (nSPS) is 14.3. The lowest BCUT2D eigenvalue weighted by molar-refractivity contribution is 0.0955. The van der Waals surface area contributed by atoms with E-state index >= 15 is 0 Å². The van der Waals surface area contributed by atoms with Crippen molar-refractivity contribution in [2.75, 3.05) is 32.9 Å². The summed E-state index contributed by atoms with van der Waals surface area (Å²) in [7, 11) is -3.53. The maximum Gasteiger partial charge on any atom is 0.261 e. The van der Waals surface area contributed by atoms with Crippen LogP contribution in [0.15, 0.2) is 28.5 Å². The first-order valence-electron chi connectivity index (χ1n) is 10.8. The zero-order chi connectivity index (χ0) is 23.1. The van der Waals surface area contributed by atoms with Crippen molar-refractivity contribution in [2.24, 2.45) is 0 Å². The third-order valence-corrected chi connectivity index (χ3v) is 8.34. The summed E-state index contributed by atoms with van der Waals surface area (Å²) in [4.78, 5) is 13.0. The first-order valence-corrected chi connectivity index (χ1v) is 13.1. The van der Waals surface area contributed by atoms with Crippen LogP contribution in [0.25, 0.3) is 0 Å². The summed E-state index contributed by atoms with van der Waals surface area (Å²) < 4.78 is 44.2. The Hall–Kier alpha value is -2.30. The van der Waals surface area contributed by atoms with E-state index in [4.69, 9.17) is 14.2 Å². The lowest BCUT2D eigenvalue weighted by atomic mass is 10.1. The monoisotopic (exact) mass is 482 g/mol. The molecule has 0 radical (unpaired) electrons. The molecule has 0 aliphatic carbocycles. The van der Waals surface area contributed by atoms with Gasteiger partial charge in [0, 0.05) is 19.6 Å². The fraction of sp³-hybridized carbons (Fsp3) is 0.500. The van der Waals surface area contributed by atoms with Gasteiger partial charge in [-0.25, -0.2) is 8.42 Å². The van der Waals surface area contributed by atoms with E-state index in [-0.39, 0.29) is 16.7 Å². The van der Waals surface area contributed by atoms with Gasteiger partial charge in [-0.3, -0.25) is 4.79 Å². The van der Waals surface area contributed by atoms with Crippen LogP contribution < -0.4 is 19.5 Å². The molecule has 1 saturated heterocycles. The minimum Gasteiger partial charge on any atom is -0.490 e. The summed E-state index contributed by atoms with van der Waals surface area (Å²) in [5, 5.41) is 2.85. The number of thiophene rings is 1. The second-order valence-corrected chi connectivity index (χ2v) is 10.4. The Balaban J connectivity index is 1.73. The lowest BCUT2D eigenvalue weighted by Gasteiger charge is -2.17. The Bertz CT molecular complexity index is 1000. The zero-order valence-corrected chi connectivity index (χ0v) is 20.3. The Morgan fingerprint density at radius 2 is 1.59 bits per heavy atom. The quantitative estimate of drug-likeness (QED) is 0.525. The molecule has 0 bridgehead atoms. The number of amides is 1. The highest BCUT2D eigenvalue weighted by molar-refractivity contribution is 7.91. The number of carbonyl (C=O) groups excluding carboxylic acids is 1. The van der Waals surface area contributed by atoms with Gasteiger partial charge in [-0.1, -0.05) is 0 Å². The average Bonchev–Trinajstić information content (AvgIpc) is 3.47. The molecule has 2 heterocycles. The van der Waals surface area contributed by atoms with E-state index in [1.165, 1.54) is 10.4 Å². The number of nitrogens with one attached hydrogen (secondary N) is 1. The highest BCUT2D eigenvalue weighted by atomic mass is 32.2. The molecule has 32 heavy (non-hydrogen) atoms. The summed E-state index contributed by atoms with van der Waals surface area (Å²) in [6.45, 7) is 8.35. The molecule has 0 saturated carbocycles. The Labute approximate surface area is 193 Å². The van der Waals surface area contributed by atoms with Gasteiger partial charge in [-0.15, -0.1) is 11.3 Å². The Kier molecular flexibility index (Phi) is 8.38. The molecule has 1 aromatic carbocycles. The number of nitrogens with zero attached hydrogens (tertiary/aromatic N) is 1. The van der Waals surface area contributed by atoms with Gasteiger partial charge in [-0.2, -0.15) is 4.31 Å². The van der Waals surface area contributed by atoms with Crippen molar-refractivity contribution < 1.29 is 27.4 Å². The number of sulfonamides is 1.